The van der Waals surface area contributed by atoms with E-state index in [0.29, 0.717) is 29.9 Å². The Labute approximate surface area is 154 Å². The Morgan fingerprint density at radius 1 is 1.42 bits per heavy atom. The average molecular weight is 359 g/mol. The molecule has 1 aromatic rings. The minimum Gasteiger partial charge on any atom is -0.411 e. The van der Waals surface area contributed by atoms with Gasteiger partial charge in [-0.25, -0.2) is 4.98 Å². The zero-order valence-electron chi connectivity index (χ0n) is 15.8. The maximum atomic E-state index is 5.52. The molecule has 1 aromatic heterocycles. The molecular formula is C18H29N7O. The average Bonchev–Trinajstić information content (AvgIpc) is 3.07. The molecule has 2 rings (SSSR count). The molecule has 0 aromatic carbocycles. The number of nitrogens with zero attached hydrogens (tertiary/aromatic N) is 2. The zero-order chi connectivity index (χ0) is 19.1. The van der Waals surface area contributed by atoms with Crippen LogP contribution in [0.1, 0.15) is 27.7 Å². The van der Waals surface area contributed by atoms with Crippen molar-refractivity contribution in [2.75, 3.05) is 17.2 Å². The highest BCUT2D eigenvalue weighted by Gasteiger charge is 2.19. The summed E-state index contributed by atoms with van der Waals surface area (Å²) < 4.78 is 0. The van der Waals surface area contributed by atoms with Crippen molar-refractivity contribution in [1.82, 2.24) is 20.9 Å². The lowest BCUT2D eigenvalue weighted by Gasteiger charge is -2.13. The molecule has 26 heavy (non-hydrogen) atoms. The van der Waals surface area contributed by atoms with Gasteiger partial charge in [0.1, 0.15) is 11.6 Å². The molecule has 0 aliphatic carbocycles. The van der Waals surface area contributed by atoms with Crippen LogP contribution in [0.5, 0.6) is 0 Å². The fraction of sp³-hybridized carbons (Fsp3) is 0.444. The Balaban J connectivity index is 1.94. The third-order valence-electron chi connectivity index (χ3n) is 3.89. The van der Waals surface area contributed by atoms with Crippen LogP contribution >= 0.6 is 0 Å². The lowest BCUT2D eigenvalue weighted by atomic mass is 10.1. The van der Waals surface area contributed by atoms with Gasteiger partial charge in [-0.3, -0.25) is 5.84 Å². The van der Waals surface area contributed by atoms with Crippen molar-refractivity contribution in [3.8, 4) is 0 Å². The predicted molar refractivity (Wildman–Crippen MR) is 104 cm³/mol. The number of hydroxylamine groups is 1. The van der Waals surface area contributed by atoms with Gasteiger partial charge in [-0.2, -0.15) is 4.98 Å². The number of nitrogens with two attached hydrogens (primary N) is 1. The lowest BCUT2D eigenvalue weighted by Crippen LogP contribution is -2.26. The molecule has 8 nitrogen and oxygen atoms in total. The van der Waals surface area contributed by atoms with E-state index in [2.05, 4.69) is 58.0 Å². The second-order valence-corrected chi connectivity index (χ2v) is 6.79. The van der Waals surface area contributed by atoms with Crippen LogP contribution < -0.4 is 27.4 Å². The standard InChI is InChI=1S/C18H29N7O/c1-11(2)15(24-19)8-13(5)22-17-6-7-20-18(23-17)21-10-14-9-16(12(3)4)25-26-14/h6-9,11-12,16,24-25H,5,10,19H2,1-4H3,(H2,20,21,22,23)/b15-8-. The minimum absolute atomic E-state index is 0.224. The number of nitrogens with one attached hydrogen (secondary N) is 4. The summed E-state index contributed by atoms with van der Waals surface area (Å²) in [7, 11) is 0. The quantitative estimate of drug-likeness (QED) is 0.259. The van der Waals surface area contributed by atoms with Crippen LogP contribution in [0.25, 0.3) is 0 Å². The fourth-order valence-electron chi connectivity index (χ4n) is 2.28. The third-order valence-corrected chi connectivity index (χ3v) is 3.89. The van der Waals surface area contributed by atoms with Crippen molar-refractivity contribution in [2.45, 2.75) is 33.7 Å². The summed E-state index contributed by atoms with van der Waals surface area (Å²) in [4.78, 5) is 14.1. The van der Waals surface area contributed by atoms with E-state index < -0.39 is 0 Å². The Kier molecular flexibility index (Phi) is 6.99. The van der Waals surface area contributed by atoms with Gasteiger partial charge in [0.15, 0.2) is 0 Å². The van der Waals surface area contributed by atoms with Crippen LogP contribution in [-0.4, -0.2) is 22.6 Å². The summed E-state index contributed by atoms with van der Waals surface area (Å²) in [5.41, 5.74) is 7.24. The topological polar surface area (TPSA) is 109 Å². The van der Waals surface area contributed by atoms with E-state index in [-0.39, 0.29) is 12.0 Å². The SMILES string of the molecule is C=C(/C=C(\NN)C(C)C)Nc1ccnc(NCC2=CC(C(C)C)NO2)n1. The fourth-order valence-corrected chi connectivity index (χ4v) is 2.28. The Bertz CT molecular complexity index is 682. The summed E-state index contributed by atoms with van der Waals surface area (Å²) in [5, 5.41) is 6.29. The second kappa shape index (κ2) is 9.21. The van der Waals surface area contributed by atoms with Crippen molar-refractivity contribution < 1.29 is 4.84 Å². The molecule has 2 heterocycles. The molecule has 1 unspecified atom stereocenters. The first kappa shape index (κ1) is 19.7. The normalized spacial score (nSPS) is 17.1. The maximum Gasteiger partial charge on any atom is 0.224 e. The highest BCUT2D eigenvalue weighted by atomic mass is 16.7. The zero-order valence-corrected chi connectivity index (χ0v) is 15.8. The molecule has 0 saturated carbocycles. The molecule has 8 heteroatoms. The molecule has 0 bridgehead atoms. The van der Waals surface area contributed by atoms with E-state index in [0.717, 1.165) is 11.5 Å². The molecule has 1 aliphatic heterocycles. The molecule has 0 spiro atoms. The number of anilines is 2. The van der Waals surface area contributed by atoms with Gasteiger partial charge in [-0.1, -0.05) is 34.3 Å². The second-order valence-electron chi connectivity index (χ2n) is 6.79. The Morgan fingerprint density at radius 2 is 2.19 bits per heavy atom. The molecule has 142 valence electrons. The highest BCUT2D eigenvalue weighted by molar-refractivity contribution is 5.47. The number of aromatic nitrogens is 2. The van der Waals surface area contributed by atoms with Gasteiger partial charge < -0.3 is 20.9 Å². The van der Waals surface area contributed by atoms with Crippen LogP contribution in [-0.2, 0) is 4.84 Å². The van der Waals surface area contributed by atoms with E-state index in [9.17, 15) is 0 Å². The number of hydrogen-bond donors (Lipinski definition) is 5. The first-order valence-corrected chi connectivity index (χ1v) is 8.73. The van der Waals surface area contributed by atoms with Gasteiger partial charge >= 0.3 is 0 Å². The Morgan fingerprint density at radius 3 is 2.81 bits per heavy atom. The van der Waals surface area contributed by atoms with Crippen LogP contribution in [0.3, 0.4) is 0 Å². The van der Waals surface area contributed by atoms with Gasteiger partial charge in [0, 0.05) is 17.6 Å². The molecule has 6 N–H and O–H groups in total. The molecule has 0 radical (unpaired) electrons. The van der Waals surface area contributed by atoms with Gasteiger partial charge in [-0.15, -0.1) is 5.48 Å². The van der Waals surface area contributed by atoms with Crippen LogP contribution in [0.2, 0.25) is 0 Å². The van der Waals surface area contributed by atoms with Crippen LogP contribution in [0.15, 0.2) is 48.1 Å². The monoisotopic (exact) mass is 359 g/mol. The van der Waals surface area contributed by atoms with Crippen molar-refractivity contribution in [3.05, 3.63) is 48.1 Å². The molecule has 1 atom stereocenters. The summed E-state index contributed by atoms with van der Waals surface area (Å²) >= 11 is 0. The molecular weight excluding hydrogens is 330 g/mol. The highest BCUT2D eigenvalue weighted by Crippen LogP contribution is 2.15. The van der Waals surface area contributed by atoms with Crippen molar-refractivity contribution in [1.29, 1.82) is 0 Å². The number of rotatable bonds is 9. The van der Waals surface area contributed by atoms with Crippen molar-refractivity contribution >= 4 is 11.8 Å². The smallest absolute Gasteiger partial charge is 0.224 e. The first-order valence-electron chi connectivity index (χ1n) is 8.73. The largest absolute Gasteiger partial charge is 0.411 e. The number of hydrogen-bond acceptors (Lipinski definition) is 8. The summed E-state index contributed by atoms with van der Waals surface area (Å²) in [6.45, 7) is 12.9. The van der Waals surface area contributed by atoms with E-state index in [4.69, 9.17) is 10.7 Å². The predicted octanol–water partition coefficient (Wildman–Crippen LogP) is 2.26. The summed E-state index contributed by atoms with van der Waals surface area (Å²) in [5.74, 6) is 8.23. The number of allylic oxidation sites excluding steroid dienone is 2. The van der Waals surface area contributed by atoms with E-state index in [1.165, 1.54) is 0 Å². The Hall–Kier alpha value is -2.58. The molecule has 0 amide bonds. The first-order chi connectivity index (χ1) is 12.4. The van der Waals surface area contributed by atoms with Crippen LogP contribution in [0, 0.1) is 11.8 Å². The minimum atomic E-state index is 0.224. The molecule has 0 fully saturated rings. The van der Waals surface area contributed by atoms with E-state index >= 15 is 0 Å². The summed E-state index contributed by atoms with van der Waals surface area (Å²) in [6.07, 6.45) is 5.60. The maximum absolute atomic E-state index is 5.52. The van der Waals surface area contributed by atoms with Gasteiger partial charge in [0.2, 0.25) is 5.95 Å². The lowest BCUT2D eigenvalue weighted by molar-refractivity contribution is 0.104. The van der Waals surface area contributed by atoms with Gasteiger partial charge in [0.05, 0.1) is 12.6 Å². The van der Waals surface area contributed by atoms with Crippen molar-refractivity contribution in [3.63, 3.8) is 0 Å². The van der Waals surface area contributed by atoms with E-state index in [1.807, 2.05) is 19.9 Å². The van der Waals surface area contributed by atoms with E-state index in [1.54, 1.807) is 12.3 Å². The summed E-state index contributed by atoms with van der Waals surface area (Å²) in [6, 6.07) is 2.00. The van der Waals surface area contributed by atoms with Crippen LogP contribution in [0.4, 0.5) is 11.8 Å². The molecule has 0 saturated heterocycles. The number of hydrazine groups is 1. The van der Waals surface area contributed by atoms with Crippen molar-refractivity contribution in [2.24, 2.45) is 17.7 Å². The van der Waals surface area contributed by atoms with Gasteiger partial charge in [0.25, 0.3) is 0 Å². The van der Waals surface area contributed by atoms with Gasteiger partial charge in [-0.05, 0) is 30.1 Å². The third kappa shape index (κ3) is 5.75. The molecule has 1 aliphatic rings.